The number of carbonyl (C=O) groups is 4. The molecule has 0 aromatic heterocycles. The van der Waals surface area contributed by atoms with Gasteiger partial charge in [0.1, 0.15) is 0 Å². The summed E-state index contributed by atoms with van der Waals surface area (Å²) >= 11 is 0. The van der Waals surface area contributed by atoms with Crippen LogP contribution in [0.25, 0.3) is 0 Å². The molecule has 7 nitrogen and oxygen atoms in total. The van der Waals surface area contributed by atoms with E-state index in [1.165, 1.54) is 25.2 Å². The summed E-state index contributed by atoms with van der Waals surface area (Å²) in [5.74, 6) is -1.95. The molecule has 26 heavy (non-hydrogen) atoms. The van der Waals surface area contributed by atoms with Crippen molar-refractivity contribution >= 4 is 29.4 Å². The van der Waals surface area contributed by atoms with E-state index in [4.69, 9.17) is 4.74 Å². The van der Waals surface area contributed by atoms with Gasteiger partial charge in [0.2, 0.25) is 0 Å². The van der Waals surface area contributed by atoms with Gasteiger partial charge in [-0.05, 0) is 37.3 Å². The van der Waals surface area contributed by atoms with Crippen LogP contribution < -0.4 is 5.32 Å². The normalized spacial score (nSPS) is 12.8. The Bertz CT molecular complexity index is 935. The van der Waals surface area contributed by atoms with Gasteiger partial charge in [-0.2, -0.15) is 0 Å². The molecule has 2 aromatic rings. The van der Waals surface area contributed by atoms with Gasteiger partial charge in [-0.25, -0.2) is 4.79 Å². The quantitative estimate of drug-likeness (QED) is 0.671. The van der Waals surface area contributed by atoms with E-state index in [2.05, 4.69) is 5.32 Å². The molecule has 1 aliphatic heterocycles. The number of hydrogen-bond donors (Lipinski definition) is 1. The van der Waals surface area contributed by atoms with Crippen LogP contribution in [0.1, 0.15) is 36.6 Å². The van der Waals surface area contributed by atoms with Crippen LogP contribution in [0.5, 0.6) is 0 Å². The van der Waals surface area contributed by atoms with Gasteiger partial charge in [0, 0.05) is 12.7 Å². The SMILES string of the molecule is Cc1cccc(C(=O)OCC(=O)Nc2ccc3c(c2)C(=O)N(C)C3=O)c1. The van der Waals surface area contributed by atoms with Gasteiger partial charge in [-0.3, -0.25) is 19.3 Å². The molecule has 0 saturated carbocycles. The van der Waals surface area contributed by atoms with Gasteiger partial charge in [0.25, 0.3) is 17.7 Å². The lowest BCUT2D eigenvalue weighted by Gasteiger charge is -2.08. The number of nitrogens with one attached hydrogen (secondary N) is 1. The van der Waals surface area contributed by atoms with Crippen LogP contribution in [0.3, 0.4) is 0 Å². The molecule has 0 saturated heterocycles. The standard InChI is InChI=1S/C19H16N2O5/c1-11-4-3-5-12(8-11)19(25)26-10-16(22)20-13-6-7-14-15(9-13)18(24)21(2)17(14)23/h3-9H,10H2,1-2H3,(H,20,22). The van der Waals surface area contributed by atoms with Gasteiger partial charge in [0.15, 0.2) is 6.61 Å². The molecule has 0 fully saturated rings. The van der Waals surface area contributed by atoms with E-state index in [0.717, 1.165) is 10.5 Å². The summed E-state index contributed by atoms with van der Waals surface area (Å²) in [4.78, 5) is 48.7. The highest BCUT2D eigenvalue weighted by Crippen LogP contribution is 2.24. The fourth-order valence-electron chi connectivity index (χ4n) is 2.62. The molecule has 1 aliphatic rings. The zero-order valence-corrected chi connectivity index (χ0v) is 14.2. The predicted molar refractivity (Wildman–Crippen MR) is 93.0 cm³/mol. The summed E-state index contributed by atoms with van der Waals surface area (Å²) in [6.07, 6.45) is 0. The van der Waals surface area contributed by atoms with Crippen molar-refractivity contribution in [2.75, 3.05) is 19.0 Å². The predicted octanol–water partition coefficient (Wildman–Crippen LogP) is 2.02. The summed E-state index contributed by atoms with van der Waals surface area (Å²) in [7, 11) is 1.40. The Hall–Kier alpha value is -3.48. The molecule has 132 valence electrons. The average molecular weight is 352 g/mol. The van der Waals surface area contributed by atoms with Crippen molar-refractivity contribution in [3.05, 3.63) is 64.7 Å². The molecular formula is C19H16N2O5. The second-order valence-electron chi connectivity index (χ2n) is 5.92. The summed E-state index contributed by atoms with van der Waals surface area (Å²) in [5, 5.41) is 2.54. The van der Waals surface area contributed by atoms with Crippen molar-refractivity contribution in [2.45, 2.75) is 6.92 Å². The lowest BCUT2D eigenvalue weighted by atomic mass is 10.1. The number of imide groups is 1. The Balaban J connectivity index is 1.62. The summed E-state index contributed by atoms with van der Waals surface area (Å²) in [6.45, 7) is 1.39. The zero-order valence-electron chi connectivity index (χ0n) is 14.2. The third-order valence-corrected chi connectivity index (χ3v) is 3.96. The van der Waals surface area contributed by atoms with Crippen LogP contribution in [0.4, 0.5) is 5.69 Å². The lowest BCUT2D eigenvalue weighted by molar-refractivity contribution is -0.119. The molecule has 3 rings (SSSR count). The van der Waals surface area contributed by atoms with E-state index >= 15 is 0 Å². The van der Waals surface area contributed by atoms with E-state index in [1.54, 1.807) is 18.2 Å². The van der Waals surface area contributed by atoms with E-state index in [1.807, 2.05) is 13.0 Å². The summed E-state index contributed by atoms with van der Waals surface area (Å²) in [6, 6.07) is 11.3. The van der Waals surface area contributed by atoms with Crippen molar-refractivity contribution in [3.63, 3.8) is 0 Å². The third kappa shape index (κ3) is 3.32. The fourth-order valence-corrected chi connectivity index (χ4v) is 2.62. The Labute approximate surface area is 149 Å². The van der Waals surface area contributed by atoms with Crippen LogP contribution in [0, 0.1) is 6.92 Å². The Morgan fingerprint density at radius 2 is 1.77 bits per heavy atom. The molecule has 0 bridgehead atoms. The number of carbonyl (C=O) groups excluding carboxylic acids is 4. The maximum absolute atomic E-state index is 12.0. The van der Waals surface area contributed by atoms with Crippen LogP contribution in [-0.4, -0.2) is 42.2 Å². The minimum Gasteiger partial charge on any atom is -0.452 e. The minimum atomic E-state index is -0.597. The largest absolute Gasteiger partial charge is 0.452 e. The molecule has 1 heterocycles. The third-order valence-electron chi connectivity index (χ3n) is 3.96. The number of amides is 3. The van der Waals surface area contributed by atoms with E-state index < -0.39 is 24.4 Å². The second kappa shape index (κ2) is 6.79. The first-order valence-corrected chi connectivity index (χ1v) is 7.87. The van der Waals surface area contributed by atoms with E-state index in [-0.39, 0.29) is 11.5 Å². The Morgan fingerprint density at radius 1 is 1.04 bits per heavy atom. The molecule has 1 N–H and O–H groups in total. The molecule has 7 heteroatoms. The first-order valence-electron chi connectivity index (χ1n) is 7.87. The molecule has 3 amide bonds. The number of benzene rings is 2. The van der Waals surface area contributed by atoms with Crippen LogP contribution in [0.15, 0.2) is 42.5 Å². The van der Waals surface area contributed by atoms with Crippen LogP contribution >= 0.6 is 0 Å². The van der Waals surface area contributed by atoms with Crippen molar-refractivity contribution in [1.82, 2.24) is 4.90 Å². The number of rotatable bonds is 4. The Morgan fingerprint density at radius 3 is 2.50 bits per heavy atom. The molecule has 2 aromatic carbocycles. The van der Waals surface area contributed by atoms with Crippen molar-refractivity contribution in [1.29, 1.82) is 0 Å². The highest BCUT2D eigenvalue weighted by Gasteiger charge is 2.32. The minimum absolute atomic E-state index is 0.229. The Kier molecular flexibility index (Phi) is 4.53. The number of fused-ring (bicyclic) bond motifs is 1. The fraction of sp³-hybridized carbons (Fsp3) is 0.158. The molecule has 0 spiro atoms. The van der Waals surface area contributed by atoms with E-state index in [0.29, 0.717) is 16.8 Å². The zero-order chi connectivity index (χ0) is 18.8. The molecule has 0 atom stereocenters. The van der Waals surface area contributed by atoms with Gasteiger partial charge < -0.3 is 10.1 Å². The topological polar surface area (TPSA) is 92.8 Å². The maximum Gasteiger partial charge on any atom is 0.338 e. The van der Waals surface area contributed by atoms with Crippen LogP contribution in [-0.2, 0) is 9.53 Å². The molecular weight excluding hydrogens is 336 g/mol. The highest BCUT2D eigenvalue weighted by molar-refractivity contribution is 6.21. The van der Waals surface area contributed by atoms with Gasteiger partial charge in [-0.15, -0.1) is 0 Å². The average Bonchev–Trinajstić information content (AvgIpc) is 2.84. The number of esters is 1. The van der Waals surface area contributed by atoms with Crippen molar-refractivity contribution < 1.29 is 23.9 Å². The molecule has 0 aliphatic carbocycles. The maximum atomic E-state index is 12.0. The van der Waals surface area contributed by atoms with Crippen LogP contribution in [0.2, 0.25) is 0 Å². The number of ether oxygens (including phenoxy) is 1. The number of anilines is 1. The summed E-state index contributed by atoms with van der Waals surface area (Å²) < 4.78 is 4.98. The molecule has 0 unspecified atom stereocenters. The van der Waals surface area contributed by atoms with Gasteiger partial charge >= 0.3 is 5.97 Å². The lowest BCUT2D eigenvalue weighted by Crippen LogP contribution is -2.24. The number of nitrogens with zero attached hydrogens (tertiary/aromatic N) is 1. The molecule has 0 radical (unpaired) electrons. The number of aryl methyl sites for hydroxylation is 1. The van der Waals surface area contributed by atoms with Gasteiger partial charge in [0.05, 0.1) is 16.7 Å². The number of hydrogen-bond acceptors (Lipinski definition) is 5. The smallest absolute Gasteiger partial charge is 0.338 e. The highest BCUT2D eigenvalue weighted by atomic mass is 16.5. The van der Waals surface area contributed by atoms with Crippen molar-refractivity contribution in [3.8, 4) is 0 Å². The monoisotopic (exact) mass is 352 g/mol. The first-order chi connectivity index (χ1) is 12.4. The summed E-state index contributed by atoms with van der Waals surface area (Å²) in [5.41, 5.74) is 2.14. The first kappa shape index (κ1) is 17.3. The van der Waals surface area contributed by atoms with E-state index in [9.17, 15) is 19.2 Å². The second-order valence-corrected chi connectivity index (χ2v) is 5.92. The van der Waals surface area contributed by atoms with Gasteiger partial charge in [-0.1, -0.05) is 17.7 Å². The van der Waals surface area contributed by atoms with Crippen molar-refractivity contribution in [2.24, 2.45) is 0 Å².